The highest BCUT2D eigenvalue weighted by Crippen LogP contribution is 2.19. The van der Waals surface area contributed by atoms with Gasteiger partial charge in [0, 0.05) is 62.7 Å². The van der Waals surface area contributed by atoms with Crippen molar-refractivity contribution >= 4 is 47.0 Å². The molecule has 2 N–H and O–H groups in total. The van der Waals surface area contributed by atoms with Gasteiger partial charge in [0.05, 0.1) is 17.3 Å². The summed E-state index contributed by atoms with van der Waals surface area (Å²) in [5, 5.41) is 9.95. The highest BCUT2D eigenvalue weighted by Gasteiger charge is 2.06. The van der Waals surface area contributed by atoms with E-state index in [2.05, 4.69) is 46.8 Å². The van der Waals surface area contributed by atoms with Gasteiger partial charge >= 0.3 is 0 Å². The lowest BCUT2D eigenvalue weighted by Gasteiger charge is -2.13. The molecular formula is C21H33IN4O2S. The van der Waals surface area contributed by atoms with E-state index in [-0.39, 0.29) is 24.0 Å². The summed E-state index contributed by atoms with van der Waals surface area (Å²) in [6.45, 7) is 9.22. The highest BCUT2D eigenvalue weighted by atomic mass is 127. The van der Waals surface area contributed by atoms with E-state index >= 15 is 0 Å². The zero-order chi connectivity index (χ0) is 20.2. The average Bonchev–Trinajstić information content (AvgIpc) is 3.15. The summed E-state index contributed by atoms with van der Waals surface area (Å²) in [6.07, 6.45) is 1.70. The van der Waals surface area contributed by atoms with E-state index in [1.54, 1.807) is 18.4 Å². The maximum absolute atomic E-state index is 5.76. The number of methoxy groups -OCH3 is 1. The summed E-state index contributed by atoms with van der Waals surface area (Å²) >= 11 is 1.73. The number of nitrogens with zero attached hydrogens (tertiary/aromatic N) is 2. The van der Waals surface area contributed by atoms with Crippen molar-refractivity contribution in [3.8, 4) is 5.75 Å². The fourth-order valence-corrected chi connectivity index (χ4v) is 3.36. The number of thiazole rings is 1. The standard InChI is InChI=1S/C21H32N4O2S.HI/c1-5-22-21(23-11-10-18-15-28-20(24-18)16(2)3)25-17-8-6-9-19(14-17)27-13-7-12-26-4;/h6,8-9,14-16H,5,7,10-13H2,1-4H3,(H2,22,23,25);1H. The molecule has 29 heavy (non-hydrogen) atoms. The van der Waals surface area contributed by atoms with Crippen LogP contribution >= 0.6 is 35.3 Å². The fraction of sp³-hybridized carbons (Fsp3) is 0.524. The number of benzene rings is 1. The minimum atomic E-state index is 0. The number of aliphatic imine (C=N–C) groups is 1. The highest BCUT2D eigenvalue weighted by molar-refractivity contribution is 14.0. The first-order chi connectivity index (χ1) is 13.6. The molecule has 2 aromatic rings. The lowest BCUT2D eigenvalue weighted by Crippen LogP contribution is -2.30. The van der Waals surface area contributed by atoms with Crippen LogP contribution in [0, 0.1) is 0 Å². The number of halogens is 1. The molecule has 0 aliphatic heterocycles. The Morgan fingerprint density at radius 2 is 2.10 bits per heavy atom. The molecule has 0 aliphatic carbocycles. The van der Waals surface area contributed by atoms with Crippen molar-refractivity contribution < 1.29 is 9.47 Å². The molecule has 6 nitrogen and oxygen atoms in total. The molecule has 2 rings (SSSR count). The summed E-state index contributed by atoms with van der Waals surface area (Å²) in [5.41, 5.74) is 2.06. The lowest BCUT2D eigenvalue weighted by atomic mass is 10.2. The third-order valence-electron chi connectivity index (χ3n) is 3.90. The number of rotatable bonds is 11. The van der Waals surface area contributed by atoms with Crippen molar-refractivity contribution in [2.45, 2.75) is 39.5 Å². The van der Waals surface area contributed by atoms with E-state index in [9.17, 15) is 0 Å². The van der Waals surface area contributed by atoms with Gasteiger partial charge in [-0.05, 0) is 19.1 Å². The zero-order valence-corrected chi connectivity index (χ0v) is 20.9. The molecule has 0 aliphatic rings. The fourth-order valence-electron chi connectivity index (χ4n) is 2.49. The molecule has 0 saturated heterocycles. The summed E-state index contributed by atoms with van der Waals surface area (Å²) in [6, 6.07) is 7.91. The van der Waals surface area contributed by atoms with Crippen molar-refractivity contribution in [1.29, 1.82) is 0 Å². The van der Waals surface area contributed by atoms with E-state index in [1.165, 1.54) is 5.01 Å². The Balaban J connectivity index is 0.00000420. The Labute approximate surface area is 195 Å². The Hall–Kier alpha value is -1.39. The number of ether oxygens (including phenoxy) is 2. The van der Waals surface area contributed by atoms with Crippen molar-refractivity contribution in [3.63, 3.8) is 0 Å². The first-order valence-corrected chi connectivity index (χ1v) is 10.7. The third-order valence-corrected chi connectivity index (χ3v) is 5.10. The molecule has 0 radical (unpaired) electrons. The normalized spacial score (nSPS) is 11.3. The summed E-state index contributed by atoms with van der Waals surface area (Å²) in [7, 11) is 1.70. The van der Waals surface area contributed by atoms with Gasteiger partial charge in [-0.1, -0.05) is 19.9 Å². The molecule has 0 amide bonds. The first-order valence-electron chi connectivity index (χ1n) is 9.83. The predicted octanol–water partition coefficient (Wildman–Crippen LogP) is 4.92. The number of hydrogen-bond acceptors (Lipinski definition) is 5. The molecule has 162 valence electrons. The molecule has 0 atom stereocenters. The second-order valence-electron chi connectivity index (χ2n) is 6.69. The second-order valence-corrected chi connectivity index (χ2v) is 7.58. The van der Waals surface area contributed by atoms with Crippen molar-refractivity contribution in [3.05, 3.63) is 40.3 Å². The van der Waals surface area contributed by atoms with Gasteiger partial charge in [-0.25, -0.2) is 4.98 Å². The van der Waals surface area contributed by atoms with Gasteiger partial charge in [0.2, 0.25) is 0 Å². The van der Waals surface area contributed by atoms with Gasteiger partial charge in [0.15, 0.2) is 5.96 Å². The van der Waals surface area contributed by atoms with Gasteiger partial charge in [-0.3, -0.25) is 4.99 Å². The second kappa shape index (κ2) is 14.6. The maximum Gasteiger partial charge on any atom is 0.195 e. The Bertz CT molecular complexity index is 737. The Morgan fingerprint density at radius 1 is 1.28 bits per heavy atom. The minimum absolute atomic E-state index is 0. The van der Waals surface area contributed by atoms with Crippen LogP contribution in [-0.4, -0.2) is 44.4 Å². The molecule has 0 unspecified atom stereocenters. The average molecular weight is 532 g/mol. The molecule has 0 saturated carbocycles. The van der Waals surface area contributed by atoms with Crippen LogP contribution in [0.2, 0.25) is 0 Å². The van der Waals surface area contributed by atoms with Gasteiger partial charge in [0.1, 0.15) is 5.75 Å². The number of anilines is 1. The summed E-state index contributed by atoms with van der Waals surface area (Å²) < 4.78 is 10.8. The van der Waals surface area contributed by atoms with Crippen LogP contribution in [0.1, 0.15) is 43.8 Å². The monoisotopic (exact) mass is 532 g/mol. The zero-order valence-electron chi connectivity index (χ0n) is 17.7. The van der Waals surface area contributed by atoms with Crippen LogP contribution in [0.25, 0.3) is 0 Å². The number of aromatic nitrogens is 1. The van der Waals surface area contributed by atoms with Gasteiger partial charge in [0.25, 0.3) is 0 Å². The summed E-state index contributed by atoms with van der Waals surface area (Å²) in [5.74, 6) is 2.07. The number of nitrogens with one attached hydrogen (secondary N) is 2. The smallest absolute Gasteiger partial charge is 0.195 e. The number of hydrogen-bond donors (Lipinski definition) is 2. The lowest BCUT2D eigenvalue weighted by molar-refractivity contribution is 0.172. The Morgan fingerprint density at radius 3 is 2.79 bits per heavy atom. The van der Waals surface area contributed by atoms with E-state index in [1.807, 2.05) is 24.3 Å². The molecule has 0 bridgehead atoms. The van der Waals surface area contributed by atoms with E-state index in [0.717, 1.165) is 42.5 Å². The van der Waals surface area contributed by atoms with E-state index in [4.69, 9.17) is 9.47 Å². The van der Waals surface area contributed by atoms with Crippen LogP contribution in [-0.2, 0) is 11.2 Å². The molecule has 0 spiro atoms. The van der Waals surface area contributed by atoms with Crippen molar-refractivity contribution in [2.24, 2.45) is 4.99 Å². The van der Waals surface area contributed by atoms with Crippen molar-refractivity contribution in [1.82, 2.24) is 10.3 Å². The van der Waals surface area contributed by atoms with Crippen LogP contribution in [0.15, 0.2) is 34.6 Å². The molecule has 1 aromatic heterocycles. The van der Waals surface area contributed by atoms with Gasteiger partial charge < -0.3 is 20.1 Å². The predicted molar refractivity (Wildman–Crippen MR) is 133 cm³/mol. The van der Waals surface area contributed by atoms with Crippen LogP contribution in [0.3, 0.4) is 0 Å². The van der Waals surface area contributed by atoms with Crippen LogP contribution in [0.5, 0.6) is 5.75 Å². The van der Waals surface area contributed by atoms with E-state index in [0.29, 0.717) is 25.7 Å². The third kappa shape index (κ3) is 9.77. The summed E-state index contributed by atoms with van der Waals surface area (Å²) in [4.78, 5) is 9.35. The largest absolute Gasteiger partial charge is 0.493 e. The quantitative estimate of drug-likeness (QED) is 0.186. The van der Waals surface area contributed by atoms with Crippen LogP contribution in [0.4, 0.5) is 5.69 Å². The van der Waals surface area contributed by atoms with Gasteiger partial charge in [-0.2, -0.15) is 0 Å². The SMILES string of the molecule is CCNC(=NCCc1csc(C(C)C)n1)Nc1cccc(OCCCOC)c1.I. The molecule has 8 heteroatoms. The first kappa shape index (κ1) is 25.6. The molecule has 1 aromatic carbocycles. The maximum atomic E-state index is 5.76. The van der Waals surface area contributed by atoms with Gasteiger partial charge in [-0.15, -0.1) is 35.3 Å². The van der Waals surface area contributed by atoms with Crippen LogP contribution < -0.4 is 15.4 Å². The minimum Gasteiger partial charge on any atom is -0.493 e. The van der Waals surface area contributed by atoms with E-state index < -0.39 is 0 Å². The number of guanidine groups is 1. The van der Waals surface area contributed by atoms with Crippen molar-refractivity contribution in [2.75, 3.05) is 38.7 Å². The molecule has 0 fully saturated rings. The topological polar surface area (TPSA) is 67.8 Å². The molecule has 1 heterocycles. The Kier molecular flexibility index (Phi) is 12.9. The molecular weight excluding hydrogens is 499 g/mol.